The zero-order valence-corrected chi connectivity index (χ0v) is 14.1. The summed E-state index contributed by atoms with van der Waals surface area (Å²) in [4.78, 5) is 26.4. The Hall–Kier alpha value is -2.62. The second-order valence-corrected chi connectivity index (χ2v) is 6.38. The van der Waals surface area contributed by atoms with Crippen LogP contribution in [0.1, 0.15) is 28.7 Å². The monoisotopic (exact) mass is 322 g/mol. The Morgan fingerprint density at radius 3 is 2.62 bits per heavy atom. The van der Waals surface area contributed by atoms with Crippen molar-refractivity contribution in [2.24, 2.45) is 0 Å². The Kier molecular flexibility index (Phi) is 4.65. The fourth-order valence-corrected chi connectivity index (χ4v) is 3.02. The van der Waals surface area contributed by atoms with Gasteiger partial charge in [-0.2, -0.15) is 0 Å². The Balaban J connectivity index is 1.61. The molecular weight excluding hydrogens is 300 g/mol. The van der Waals surface area contributed by atoms with E-state index in [4.69, 9.17) is 0 Å². The van der Waals surface area contributed by atoms with Crippen molar-refractivity contribution in [3.63, 3.8) is 0 Å². The number of nitrogens with one attached hydrogen (secondary N) is 1. The molecule has 1 aliphatic heterocycles. The molecule has 0 radical (unpaired) electrons. The van der Waals surface area contributed by atoms with Crippen molar-refractivity contribution in [3.8, 4) is 0 Å². The van der Waals surface area contributed by atoms with Gasteiger partial charge in [-0.05, 0) is 48.6 Å². The number of benzene rings is 2. The van der Waals surface area contributed by atoms with Gasteiger partial charge in [0.05, 0.1) is 0 Å². The van der Waals surface area contributed by atoms with Gasteiger partial charge in [-0.25, -0.2) is 0 Å². The van der Waals surface area contributed by atoms with E-state index in [-0.39, 0.29) is 18.2 Å². The summed E-state index contributed by atoms with van der Waals surface area (Å²) in [5.41, 5.74) is 5.31. The molecule has 0 aliphatic carbocycles. The summed E-state index contributed by atoms with van der Waals surface area (Å²) in [5.74, 6) is -0.375. The third kappa shape index (κ3) is 3.65. The van der Waals surface area contributed by atoms with E-state index in [0.29, 0.717) is 13.1 Å². The zero-order chi connectivity index (χ0) is 17.1. The van der Waals surface area contributed by atoms with Crippen molar-refractivity contribution in [1.29, 1.82) is 0 Å². The fraction of sp³-hybridized carbons (Fsp3) is 0.300. The van der Waals surface area contributed by atoms with Gasteiger partial charge in [-0.1, -0.05) is 36.4 Å². The molecule has 0 saturated carbocycles. The third-order valence-electron chi connectivity index (χ3n) is 4.46. The molecule has 2 aromatic rings. The molecule has 0 unspecified atom stereocenters. The Labute approximate surface area is 142 Å². The molecular formula is C20H22N2O2. The van der Waals surface area contributed by atoms with Crippen LogP contribution in [0.15, 0.2) is 42.5 Å². The molecule has 2 amide bonds. The van der Waals surface area contributed by atoms with E-state index < -0.39 is 0 Å². The highest BCUT2D eigenvalue weighted by molar-refractivity contribution is 6.03. The molecule has 0 saturated heterocycles. The summed E-state index contributed by atoms with van der Waals surface area (Å²) in [5, 5.41) is 2.85. The first kappa shape index (κ1) is 16.2. The summed E-state index contributed by atoms with van der Waals surface area (Å²) >= 11 is 0. The number of hydrogen-bond acceptors (Lipinski definition) is 2. The predicted molar refractivity (Wildman–Crippen MR) is 94.7 cm³/mol. The standard InChI is InChI=1S/C20H22N2O2/c1-14-7-8-15(2)18(11-14)21-19(23)12-20(24)22-10-9-16-5-3-4-6-17(16)13-22/h3-8,11H,9-10,12-13H2,1-2H3,(H,21,23). The lowest BCUT2D eigenvalue weighted by Gasteiger charge is -2.28. The number of fused-ring (bicyclic) bond motifs is 1. The van der Waals surface area contributed by atoms with Crippen LogP contribution < -0.4 is 5.32 Å². The van der Waals surface area contributed by atoms with Crippen LogP contribution in [-0.4, -0.2) is 23.3 Å². The minimum Gasteiger partial charge on any atom is -0.338 e. The molecule has 2 aromatic carbocycles. The predicted octanol–water partition coefficient (Wildman–Crippen LogP) is 3.22. The Bertz CT molecular complexity index is 783. The summed E-state index contributed by atoms with van der Waals surface area (Å²) in [6.45, 7) is 5.18. The van der Waals surface area contributed by atoms with Crippen molar-refractivity contribution >= 4 is 17.5 Å². The van der Waals surface area contributed by atoms with Gasteiger partial charge in [0.25, 0.3) is 0 Å². The highest BCUT2D eigenvalue weighted by atomic mass is 16.2. The molecule has 24 heavy (non-hydrogen) atoms. The first-order chi connectivity index (χ1) is 11.5. The number of carbonyl (C=O) groups is 2. The van der Waals surface area contributed by atoms with Crippen molar-refractivity contribution in [2.45, 2.75) is 33.2 Å². The van der Waals surface area contributed by atoms with E-state index in [0.717, 1.165) is 23.2 Å². The lowest BCUT2D eigenvalue weighted by Crippen LogP contribution is -2.37. The van der Waals surface area contributed by atoms with Gasteiger partial charge in [-0.3, -0.25) is 9.59 Å². The maximum absolute atomic E-state index is 12.4. The lowest BCUT2D eigenvalue weighted by molar-refractivity contribution is -0.135. The van der Waals surface area contributed by atoms with Crippen LogP contribution in [0.2, 0.25) is 0 Å². The summed E-state index contributed by atoms with van der Waals surface area (Å²) < 4.78 is 0. The largest absolute Gasteiger partial charge is 0.338 e. The number of rotatable bonds is 3. The summed E-state index contributed by atoms with van der Waals surface area (Å²) in [6.07, 6.45) is 0.732. The van der Waals surface area contributed by atoms with Gasteiger partial charge in [0.1, 0.15) is 6.42 Å². The number of amides is 2. The molecule has 1 heterocycles. The van der Waals surface area contributed by atoms with Gasteiger partial charge in [0.2, 0.25) is 11.8 Å². The minimum atomic E-state index is -0.257. The topological polar surface area (TPSA) is 49.4 Å². The molecule has 0 atom stereocenters. The highest BCUT2D eigenvalue weighted by Crippen LogP contribution is 2.20. The maximum atomic E-state index is 12.4. The van der Waals surface area contributed by atoms with E-state index in [9.17, 15) is 9.59 Å². The smallest absolute Gasteiger partial charge is 0.233 e. The molecule has 0 spiro atoms. The molecule has 4 heteroatoms. The van der Waals surface area contributed by atoms with E-state index >= 15 is 0 Å². The second kappa shape index (κ2) is 6.87. The van der Waals surface area contributed by atoms with E-state index in [1.807, 2.05) is 50.2 Å². The van der Waals surface area contributed by atoms with Crippen LogP contribution in [0, 0.1) is 13.8 Å². The zero-order valence-electron chi connectivity index (χ0n) is 14.1. The van der Waals surface area contributed by atoms with Crippen LogP contribution in [0.4, 0.5) is 5.69 Å². The average Bonchev–Trinajstić information content (AvgIpc) is 2.57. The minimum absolute atomic E-state index is 0.116. The first-order valence-electron chi connectivity index (χ1n) is 8.24. The molecule has 0 fully saturated rings. The molecule has 1 N–H and O–H groups in total. The molecule has 1 aliphatic rings. The van der Waals surface area contributed by atoms with Crippen LogP contribution in [0.25, 0.3) is 0 Å². The van der Waals surface area contributed by atoms with Gasteiger partial charge in [0.15, 0.2) is 0 Å². The molecule has 124 valence electrons. The van der Waals surface area contributed by atoms with Crippen LogP contribution >= 0.6 is 0 Å². The van der Waals surface area contributed by atoms with Crippen molar-refractivity contribution in [2.75, 3.05) is 11.9 Å². The fourth-order valence-electron chi connectivity index (χ4n) is 3.02. The van der Waals surface area contributed by atoms with Crippen molar-refractivity contribution in [3.05, 3.63) is 64.7 Å². The first-order valence-corrected chi connectivity index (χ1v) is 8.24. The van der Waals surface area contributed by atoms with Gasteiger partial charge >= 0.3 is 0 Å². The van der Waals surface area contributed by atoms with Crippen LogP contribution in [-0.2, 0) is 22.6 Å². The Morgan fingerprint density at radius 2 is 1.83 bits per heavy atom. The number of carbonyl (C=O) groups excluding carboxylic acids is 2. The third-order valence-corrected chi connectivity index (χ3v) is 4.46. The van der Waals surface area contributed by atoms with Gasteiger partial charge in [-0.15, -0.1) is 0 Å². The quantitative estimate of drug-likeness (QED) is 0.882. The summed E-state index contributed by atoms with van der Waals surface area (Å²) in [6, 6.07) is 14.0. The summed E-state index contributed by atoms with van der Waals surface area (Å²) in [7, 11) is 0. The van der Waals surface area contributed by atoms with E-state index in [2.05, 4.69) is 11.4 Å². The molecule has 0 bridgehead atoms. The number of aryl methyl sites for hydroxylation is 2. The van der Waals surface area contributed by atoms with Gasteiger partial charge < -0.3 is 10.2 Å². The number of anilines is 1. The Morgan fingerprint density at radius 1 is 1.08 bits per heavy atom. The maximum Gasteiger partial charge on any atom is 0.233 e. The van der Waals surface area contributed by atoms with Crippen LogP contribution in [0.3, 0.4) is 0 Å². The highest BCUT2D eigenvalue weighted by Gasteiger charge is 2.22. The van der Waals surface area contributed by atoms with Crippen molar-refractivity contribution < 1.29 is 9.59 Å². The van der Waals surface area contributed by atoms with Crippen LogP contribution in [0.5, 0.6) is 0 Å². The van der Waals surface area contributed by atoms with Gasteiger partial charge in [0, 0.05) is 18.8 Å². The normalized spacial score (nSPS) is 13.3. The second-order valence-electron chi connectivity index (χ2n) is 6.38. The number of hydrogen-bond donors (Lipinski definition) is 1. The molecule has 4 nitrogen and oxygen atoms in total. The SMILES string of the molecule is Cc1ccc(C)c(NC(=O)CC(=O)N2CCc3ccccc3C2)c1. The molecule has 0 aromatic heterocycles. The number of nitrogens with zero attached hydrogens (tertiary/aromatic N) is 1. The average molecular weight is 322 g/mol. The lowest BCUT2D eigenvalue weighted by atomic mass is 10.00. The van der Waals surface area contributed by atoms with E-state index in [1.165, 1.54) is 11.1 Å². The van der Waals surface area contributed by atoms with Crippen molar-refractivity contribution in [1.82, 2.24) is 4.90 Å². The molecule has 3 rings (SSSR count). The van der Waals surface area contributed by atoms with E-state index in [1.54, 1.807) is 4.90 Å².